The van der Waals surface area contributed by atoms with E-state index in [1.54, 1.807) is 6.92 Å². The van der Waals surface area contributed by atoms with Gasteiger partial charge in [-0.15, -0.1) is 0 Å². The van der Waals surface area contributed by atoms with Gasteiger partial charge in [-0.05, 0) is 6.92 Å². The monoisotopic (exact) mass is 186 g/mol. The lowest BCUT2D eigenvalue weighted by Gasteiger charge is -2.23. The molecule has 1 saturated heterocycles. The quantitative estimate of drug-likeness (QED) is 0.637. The average molecular weight is 186 g/mol. The van der Waals surface area contributed by atoms with E-state index in [4.69, 9.17) is 9.84 Å². The summed E-state index contributed by atoms with van der Waals surface area (Å²) in [7, 11) is 0. The Morgan fingerprint density at radius 2 is 2.46 bits per heavy atom. The molecule has 74 valence electrons. The van der Waals surface area contributed by atoms with Crippen molar-refractivity contribution in [2.75, 3.05) is 19.8 Å². The molecule has 0 aromatic carbocycles. The predicted octanol–water partition coefficient (Wildman–Crippen LogP) is 0.180. The Morgan fingerprint density at radius 1 is 1.77 bits per heavy atom. The van der Waals surface area contributed by atoms with Gasteiger partial charge >= 0.3 is 6.03 Å². The second-order valence-corrected chi connectivity index (χ2v) is 2.78. The van der Waals surface area contributed by atoms with Crippen LogP contribution in [0.4, 0.5) is 4.79 Å². The van der Waals surface area contributed by atoms with Gasteiger partial charge in [0.15, 0.2) is 6.23 Å². The highest BCUT2D eigenvalue weighted by atomic mass is 16.5. The standard InChI is InChI=1S/C8H14N2O3/c1-3-13-7(2)10-5-4-9(6-11)8(10)12/h3,7,11H,1,4-6H2,2H3. The number of urea groups is 1. The zero-order chi connectivity index (χ0) is 9.84. The Kier molecular flexibility index (Phi) is 3.13. The Labute approximate surface area is 77.2 Å². The van der Waals surface area contributed by atoms with Gasteiger partial charge in [-0.25, -0.2) is 4.79 Å². The van der Waals surface area contributed by atoms with E-state index in [-0.39, 0.29) is 19.0 Å². The van der Waals surface area contributed by atoms with Gasteiger partial charge in [0.25, 0.3) is 0 Å². The van der Waals surface area contributed by atoms with Crippen molar-refractivity contribution in [3.05, 3.63) is 12.8 Å². The first kappa shape index (κ1) is 9.85. The summed E-state index contributed by atoms with van der Waals surface area (Å²) in [5, 5.41) is 8.78. The zero-order valence-corrected chi connectivity index (χ0v) is 7.64. The first-order valence-electron chi connectivity index (χ1n) is 4.13. The van der Waals surface area contributed by atoms with E-state index >= 15 is 0 Å². The van der Waals surface area contributed by atoms with Crippen molar-refractivity contribution in [2.24, 2.45) is 0 Å². The molecular weight excluding hydrogens is 172 g/mol. The van der Waals surface area contributed by atoms with Crippen LogP contribution in [0, 0.1) is 0 Å². The summed E-state index contributed by atoms with van der Waals surface area (Å²) in [5.74, 6) is 0. The highest BCUT2D eigenvalue weighted by Crippen LogP contribution is 2.12. The van der Waals surface area contributed by atoms with E-state index in [0.717, 1.165) is 0 Å². The van der Waals surface area contributed by atoms with Gasteiger partial charge in [0.2, 0.25) is 0 Å². The maximum atomic E-state index is 11.4. The largest absolute Gasteiger partial charge is 0.479 e. The molecule has 0 aliphatic carbocycles. The predicted molar refractivity (Wildman–Crippen MR) is 46.6 cm³/mol. The maximum Gasteiger partial charge on any atom is 0.324 e. The fraction of sp³-hybridized carbons (Fsp3) is 0.625. The van der Waals surface area contributed by atoms with Gasteiger partial charge in [-0.1, -0.05) is 6.58 Å². The first-order chi connectivity index (χ1) is 6.20. The van der Waals surface area contributed by atoms with E-state index in [2.05, 4.69) is 6.58 Å². The summed E-state index contributed by atoms with van der Waals surface area (Å²) in [4.78, 5) is 14.3. The molecule has 0 aromatic rings. The van der Waals surface area contributed by atoms with E-state index in [1.807, 2.05) is 0 Å². The average Bonchev–Trinajstić information content (AvgIpc) is 2.47. The van der Waals surface area contributed by atoms with Crippen molar-refractivity contribution < 1.29 is 14.6 Å². The number of carbonyl (C=O) groups excluding carboxylic acids is 1. The molecule has 1 heterocycles. The fourth-order valence-corrected chi connectivity index (χ4v) is 1.28. The van der Waals surface area contributed by atoms with Crippen LogP contribution < -0.4 is 0 Å². The molecule has 1 unspecified atom stereocenters. The second kappa shape index (κ2) is 4.13. The van der Waals surface area contributed by atoms with Gasteiger partial charge < -0.3 is 9.84 Å². The maximum absolute atomic E-state index is 11.4. The smallest absolute Gasteiger partial charge is 0.324 e. The summed E-state index contributed by atoms with van der Waals surface area (Å²) in [6.07, 6.45) is 0.987. The van der Waals surface area contributed by atoms with Crippen LogP contribution in [0.15, 0.2) is 12.8 Å². The van der Waals surface area contributed by atoms with Crippen molar-refractivity contribution in [2.45, 2.75) is 13.2 Å². The lowest BCUT2D eigenvalue weighted by atomic mass is 10.5. The first-order valence-corrected chi connectivity index (χ1v) is 4.13. The molecule has 1 aliphatic heterocycles. The Morgan fingerprint density at radius 3 is 2.92 bits per heavy atom. The number of aliphatic hydroxyl groups excluding tert-OH is 1. The molecule has 0 radical (unpaired) electrons. The molecule has 0 bridgehead atoms. The lowest BCUT2D eigenvalue weighted by Crippen LogP contribution is -2.38. The second-order valence-electron chi connectivity index (χ2n) is 2.78. The molecule has 13 heavy (non-hydrogen) atoms. The zero-order valence-electron chi connectivity index (χ0n) is 7.64. The molecule has 5 nitrogen and oxygen atoms in total. The molecule has 1 aliphatic rings. The van der Waals surface area contributed by atoms with Crippen LogP contribution in [0.2, 0.25) is 0 Å². The molecule has 1 N–H and O–H groups in total. The van der Waals surface area contributed by atoms with Crippen LogP contribution >= 0.6 is 0 Å². The SMILES string of the molecule is C=COC(C)N1CCN(CO)C1=O. The molecule has 1 rings (SSSR count). The van der Waals surface area contributed by atoms with Gasteiger partial charge in [0.1, 0.15) is 6.73 Å². The molecule has 0 spiro atoms. The highest BCUT2D eigenvalue weighted by molar-refractivity contribution is 5.76. The van der Waals surface area contributed by atoms with E-state index in [0.29, 0.717) is 13.1 Å². The minimum atomic E-state index is -0.318. The Hall–Kier alpha value is -1.23. The van der Waals surface area contributed by atoms with Crippen LogP contribution in [0.25, 0.3) is 0 Å². The third-order valence-corrected chi connectivity index (χ3v) is 2.03. The molecule has 5 heteroatoms. The molecule has 0 aromatic heterocycles. The number of nitrogens with zero attached hydrogens (tertiary/aromatic N) is 2. The fourth-order valence-electron chi connectivity index (χ4n) is 1.28. The van der Waals surface area contributed by atoms with Crippen LogP contribution in [0.3, 0.4) is 0 Å². The van der Waals surface area contributed by atoms with E-state index in [1.165, 1.54) is 16.1 Å². The molecule has 1 fully saturated rings. The topological polar surface area (TPSA) is 53.0 Å². The van der Waals surface area contributed by atoms with Crippen LogP contribution in [-0.2, 0) is 4.74 Å². The van der Waals surface area contributed by atoms with Gasteiger partial charge in [-0.2, -0.15) is 0 Å². The van der Waals surface area contributed by atoms with Crippen molar-refractivity contribution in [3.63, 3.8) is 0 Å². The minimum Gasteiger partial charge on any atom is -0.479 e. The third kappa shape index (κ3) is 1.92. The number of carbonyl (C=O) groups is 1. The number of rotatable bonds is 4. The number of amides is 2. The van der Waals surface area contributed by atoms with E-state index < -0.39 is 0 Å². The lowest BCUT2D eigenvalue weighted by molar-refractivity contribution is 0.0392. The van der Waals surface area contributed by atoms with Crippen molar-refractivity contribution >= 4 is 6.03 Å². The summed E-state index contributed by atoms with van der Waals surface area (Å²) < 4.78 is 5.05. The summed E-state index contributed by atoms with van der Waals surface area (Å²) >= 11 is 0. The normalized spacial score (nSPS) is 19.1. The van der Waals surface area contributed by atoms with Crippen molar-refractivity contribution in [1.29, 1.82) is 0 Å². The Bertz CT molecular complexity index is 208. The molecule has 2 amide bonds. The van der Waals surface area contributed by atoms with Crippen molar-refractivity contribution in [3.8, 4) is 0 Å². The minimum absolute atomic E-state index is 0.197. The van der Waals surface area contributed by atoms with Crippen LogP contribution in [-0.4, -0.2) is 47.0 Å². The molecule has 0 saturated carbocycles. The number of aliphatic hydroxyl groups is 1. The summed E-state index contributed by atoms with van der Waals surface area (Å²) in [6, 6.07) is -0.197. The number of hydrogen-bond acceptors (Lipinski definition) is 3. The van der Waals surface area contributed by atoms with E-state index in [9.17, 15) is 4.79 Å². The van der Waals surface area contributed by atoms with Gasteiger partial charge in [0.05, 0.1) is 6.26 Å². The number of ether oxygens (including phenoxy) is 1. The van der Waals surface area contributed by atoms with Gasteiger partial charge in [-0.3, -0.25) is 9.80 Å². The highest BCUT2D eigenvalue weighted by Gasteiger charge is 2.31. The molecule has 1 atom stereocenters. The van der Waals surface area contributed by atoms with Crippen LogP contribution in [0.1, 0.15) is 6.92 Å². The molecular formula is C8H14N2O3. The van der Waals surface area contributed by atoms with Gasteiger partial charge in [0, 0.05) is 13.1 Å². The summed E-state index contributed by atoms with van der Waals surface area (Å²) in [6.45, 7) is 6.06. The van der Waals surface area contributed by atoms with Crippen LogP contribution in [0.5, 0.6) is 0 Å². The number of hydrogen-bond donors (Lipinski definition) is 1. The Balaban J connectivity index is 2.53. The third-order valence-electron chi connectivity index (χ3n) is 2.03. The summed E-state index contributed by atoms with van der Waals surface area (Å²) in [5.41, 5.74) is 0. The van der Waals surface area contributed by atoms with Crippen molar-refractivity contribution in [1.82, 2.24) is 9.80 Å².